The van der Waals surface area contributed by atoms with Crippen LogP contribution in [0.5, 0.6) is 5.88 Å². The lowest BCUT2D eigenvalue weighted by molar-refractivity contribution is 0.300. The maximum absolute atomic E-state index is 13.1. The van der Waals surface area contributed by atoms with Gasteiger partial charge in [0.05, 0.1) is 12.8 Å². The lowest BCUT2D eigenvalue weighted by Gasteiger charge is -2.10. The third-order valence-corrected chi connectivity index (χ3v) is 2.49. The van der Waals surface area contributed by atoms with Crippen molar-refractivity contribution in [2.45, 2.75) is 38.8 Å². The second-order valence-electron chi connectivity index (χ2n) is 4.12. The molecule has 88 valence electrons. The number of aromatic nitrogens is 1. The van der Waals surface area contributed by atoms with Gasteiger partial charge in [0.25, 0.3) is 0 Å². The highest BCUT2D eigenvalue weighted by atomic mass is 19.1. The highest BCUT2D eigenvalue weighted by Gasteiger charge is 2.21. The van der Waals surface area contributed by atoms with Gasteiger partial charge in [-0.05, 0) is 25.3 Å². The summed E-state index contributed by atoms with van der Waals surface area (Å²) in [4.78, 5) is 3.98. The fourth-order valence-electron chi connectivity index (χ4n) is 1.47. The molecule has 0 unspecified atom stereocenters. The number of nitrogens with one attached hydrogen (secondary N) is 1. The summed E-state index contributed by atoms with van der Waals surface area (Å²) in [5, 5.41) is 3.33. The Morgan fingerprint density at radius 3 is 3.06 bits per heavy atom. The molecule has 1 aromatic heterocycles. The first-order valence-electron chi connectivity index (χ1n) is 5.80. The molecule has 1 N–H and O–H groups in total. The van der Waals surface area contributed by atoms with Crippen molar-refractivity contribution >= 4 is 0 Å². The smallest absolute Gasteiger partial charge is 0.218 e. The summed E-state index contributed by atoms with van der Waals surface area (Å²) < 4.78 is 18.5. The Morgan fingerprint density at radius 1 is 1.56 bits per heavy atom. The van der Waals surface area contributed by atoms with Crippen LogP contribution in [0.3, 0.4) is 0 Å². The maximum atomic E-state index is 13.1. The average molecular weight is 224 g/mol. The number of nitrogens with zero attached hydrogens (tertiary/aromatic N) is 1. The molecule has 2 rings (SSSR count). The van der Waals surface area contributed by atoms with Crippen molar-refractivity contribution in [1.82, 2.24) is 10.3 Å². The first kappa shape index (κ1) is 11.3. The van der Waals surface area contributed by atoms with Crippen LogP contribution in [-0.2, 0) is 6.54 Å². The second-order valence-corrected chi connectivity index (χ2v) is 4.12. The molecule has 1 aliphatic rings. The number of hydrogen-bond donors (Lipinski definition) is 1. The van der Waals surface area contributed by atoms with Gasteiger partial charge in [-0.25, -0.2) is 9.37 Å². The van der Waals surface area contributed by atoms with Crippen molar-refractivity contribution in [2.75, 3.05) is 6.61 Å². The first-order chi connectivity index (χ1) is 7.79. The Balaban J connectivity index is 2.01. The van der Waals surface area contributed by atoms with Crippen LogP contribution in [0.4, 0.5) is 4.39 Å². The normalized spacial score (nSPS) is 15.1. The summed E-state index contributed by atoms with van der Waals surface area (Å²) in [7, 11) is 0. The van der Waals surface area contributed by atoms with E-state index >= 15 is 0 Å². The number of hydrogen-bond acceptors (Lipinski definition) is 3. The lowest BCUT2D eigenvalue weighted by Crippen LogP contribution is -2.16. The fourth-order valence-corrected chi connectivity index (χ4v) is 1.47. The predicted molar refractivity (Wildman–Crippen MR) is 59.8 cm³/mol. The summed E-state index contributed by atoms with van der Waals surface area (Å²) in [5.74, 6) is 0.243. The van der Waals surface area contributed by atoms with Crippen molar-refractivity contribution in [3.63, 3.8) is 0 Å². The van der Waals surface area contributed by atoms with Crippen molar-refractivity contribution in [3.05, 3.63) is 23.6 Å². The monoisotopic (exact) mass is 224 g/mol. The molecule has 0 spiro atoms. The second kappa shape index (κ2) is 5.25. The van der Waals surface area contributed by atoms with Crippen LogP contribution in [0.25, 0.3) is 0 Å². The van der Waals surface area contributed by atoms with Gasteiger partial charge in [0, 0.05) is 18.2 Å². The van der Waals surface area contributed by atoms with E-state index in [-0.39, 0.29) is 5.82 Å². The standard InChI is InChI=1S/C12H17FN2O/c1-2-5-16-12-9(6-10(13)8-15-12)7-14-11-3-4-11/h6,8,11,14H,2-5,7H2,1H3. The van der Waals surface area contributed by atoms with E-state index in [9.17, 15) is 4.39 Å². The van der Waals surface area contributed by atoms with Crippen LogP contribution in [0.1, 0.15) is 31.7 Å². The van der Waals surface area contributed by atoms with Gasteiger partial charge in [0.15, 0.2) is 0 Å². The quantitative estimate of drug-likeness (QED) is 0.804. The zero-order valence-electron chi connectivity index (χ0n) is 9.50. The van der Waals surface area contributed by atoms with Crippen LogP contribution in [0, 0.1) is 5.82 Å². The molecule has 1 aromatic rings. The molecule has 1 fully saturated rings. The zero-order valence-corrected chi connectivity index (χ0v) is 9.50. The molecule has 0 atom stereocenters. The van der Waals surface area contributed by atoms with E-state index in [0.29, 0.717) is 25.1 Å². The largest absolute Gasteiger partial charge is 0.477 e. The number of rotatable bonds is 6. The topological polar surface area (TPSA) is 34.1 Å². The summed E-state index contributed by atoms with van der Waals surface area (Å²) in [6.07, 6.45) is 4.56. The molecule has 0 amide bonds. The average Bonchev–Trinajstić information content (AvgIpc) is 3.09. The summed E-state index contributed by atoms with van der Waals surface area (Å²) in [6, 6.07) is 2.09. The van der Waals surface area contributed by atoms with E-state index in [1.54, 1.807) is 0 Å². The molecule has 0 bridgehead atoms. The number of halogens is 1. The minimum absolute atomic E-state index is 0.309. The fraction of sp³-hybridized carbons (Fsp3) is 0.583. The van der Waals surface area contributed by atoms with Gasteiger partial charge >= 0.3 is 0 Å². The molecule has 1 aliphatic carbocycles. The van der Waals surface area contributed by atoms with Gasteiger partial charge in [-0.1, -0.05) is 6.92 Å². The summed E-state index contributed by atoms with van der Waals surface area (Å²) in [6.45, 7) is 3.29. The highest BCUT2D eigenvalue weighted by Crippen LogP contribution is 2.22. The van der Waals surface area contributed by atoms with Gasteiger partial charge in [0.1, 0.15) is 5.82 Å². The maximum Gasteiger partial charge on any atom is 0.218 e. The van der Waals surface area contributed by atoms with Crippen molar-refractivity contribution in [1.29, 1.82) is 0 Å². The van der Waals surface area contributed by atoms with Crippen molar-refractivity contribution < 1.29 is 9.13 Å². The van der Waals surface area contributed by atoms with Gasteiger partial charge in [0.2, 0.25) is 5.88 Å². The van der Waals surface area contributed by atoms with Crippen LogP contribution in [-0.4, -0.2) is 17.6 Å². The van der Waals surface area contributed by atoms with Gasteiger partial charge in [-0.3, -0.25) is 0 Å². The van der Waals surface area contributed by atoms with E-state index in [4.69, 9.17) is 4.74 Å². The molecule has 0 radical (unpaired) electrons. The molecular weight excluding hydrogens is 207 g/mol. The van der Waals surface area contributed by atoms with Gasteiger partial charge in [-0.15, -0.1) is 0 Å². The Labute approximate surface area is 95.0 Å². The van der Waals surface area contributed by atoms with E-state index < -0.39 is 0 Å². The summed E-state index contributed by atoms with van der Waals surface area (Å²) in [5.41, 5.74) is 0.806. The van der Waals surface area contributed by atoms with Crippen LogP contribution in [0.15, 0.2) is 12.3 Å². The van der Waals surface area contributed by atoms with E-state index in [0.717, 1.165) is 12.0 Å². The van der Waals surface area contributed by atoms with E-state index in [1.165, 1.54) is 25.1 Å². The molecule has 0 saturated heterocycles. The number of pyridine rings is 1. The Hall–Kier alpha value is -1.16. The molecule has 0 aromatic carbocycles. The Bertz CT molecular complexity index is 353. The number of ether oxygens (including phenoxy) is 1. The molecule has 0 aliphatic heterocycles. The van der Waals surface area contributed by atoms with Crippen LogP contribution < -0.4 is 10.1 Å². The third kappa shape index (κ3) is 3.17. The lowest BCUT2D eigenvalue weighted by atomic mass is 10.2. The highest BCUT2D eigenvalue weighted by molar-refractivity contribution is 5.26. The Morgan fingerprint density at radius 2 is 2.38 bits per heavy atom. The molecule has 1 heterocycles. The first-order valence-corrected chi connectivity index (χ1v) is 5.80. The molecule has 1 saturated carbocycles. The SMILES string of the molecule is CCCOc1ncc(F)cc1CNC1CC1. The minimum Gasteiger partial charge on any atom is -0.477 e. The summed E-state index contributed by atoms with van der Waals surface area (Å²) >= 11 is 0. The van der Waals surface area contributed by atoms with Crippen LogP contribution >= 0.6 is 0 Å². The Kier molecular flexibility index (Phi) is 3.72. The van der Waals surface area contributed by atoms with Gasteiger partial charge < -0.3 is 10.1 Å². The van der Waals surface area contributed by atoms with E-state index in [2.05, 4.69) is 10.3 Å². The van der Waals surface area contributed by atoms with Crippen molar-refractivity contribution in [3.8, 4) is 5.88 Å². The zero-order chi connectivity index (χ0) is 11.4. The molecule has 16 heavy (non-hydrogen) atoms. The van der Waals surface area contributed by atoms with Gasteiger partial charge in [-0.2, -0.15) is 0 Å². The van der Waals surface area contributed by atoms with Crippen molar-refractivity contribution in [2.24, 2.45) is 0 Å². The third-order valence-electron chi connectivity index (χ3n) is 2.49. The van der Waals surface area contributed by atoms with E-state index in [1.807, 2.05) is 6.92 Å². The molecule has 4 heteroatoms. The minimum atomic E-state index is -0.309. The van der Waals surface area contributed by atoms with Crippen LogP contribution in [0.2, 0.25) is 0 Å². The predicted octanol–water partition coefficient (Wildman–Crippen LogP) is 2.26. The molecular formula is C12H17FN2O. The molecule has 3 nitrogen and oxygen atoms in total.